The van der Waals surface area contributed by atoms with E-state index in [2.05, 4.69) is 44.8 Å². The van der Waals surface area contributed by atoms with E-state index in [0.29, 0.717) is 29.3 Å². The fourth-order valence-corrected chi connectivity index (χ4v) is 6.66. The van der Waals surface area contributed by atoms with Crippen LogP contribution < -0.4 is 5.32 Å². The average Bonchev–Trinajstić information content (AvgIpc) is 2.99. The van der Waals surface area contributed by atoms with Crippen LogP contribution in [-0.2, 0) is 16.6 Å². The van der Waals surface area contributed by atoms with Crippen LogP contribution in [-0.4, -0.2) is 11.1 Å². The number of phenolic OH excluding ortho intramolecular Hbond substituents is 1. The van der Waals surface area contributed by atoms with Gasteiger partial charge in [-0.25, -0.2) is 26.3 Å². The van der Waals surface area contributed by atoms with E-state index in [9.17, 15) is 31.4 Å². The van der Waals surface area contributed by atoms with Crippen LogP contribution >= 0.6 is 12.6 Å². The molecule has 4 aromatic rings. The number of aromatic hydroxyl groups is 1. The summed E-state index contributed by atoms with van der Waals surface area (Å²) in [5.41, 5.74) is 3.40. The van der Waals surface area contributed by atoms with Crippen molar-refractivity contribution in [3.8, 4) is 28.0 Å². The van der Waals surface area contributed by atoms with Crippen LogP contribution in [0.5, 0.6) is 5.75 Å². The third-order valence-electron chi connectivity index (χ3n) is 9.52. The maximum absolute atomic E-state index is 14.6. The summed E-state index contributed by atoms with van der Waals surface area (Å²) in [4.78, 5) is 0. The minimum absolute atomic E-state index is 0.00600. The summed E-state index contributed by atoms with van der Waals surface area (Å²) in [6, 6.07) is 10.3. The number of thiol groups is 1. The number of hydrogen-bond acceptors (Lipinski definition) is 3. The summed E-state index contributed by atoms with van der Waals surface area (Å²) in [6.07, 6.45) is 8.43. The molecule has 0 radical (unpaired) electrons. The van der Waals surface area contributed by atoms with Crippen molar-refractivity contribution in [2.24, 2.45) is 0 Å². The Balaban J connectivity index is 0.000000238. The van der Waals surface area contributed by atoms with Crippen molar-refractivity contribution in [3.63, 3.8) is 0 Å². The zero-order valence-corrected chi connectivity index (χ0v) is 31.4. The van der Waals surface area contributed by atoms with Crippen molar-refractivity contribution in [2.75, 3.05) is 5.32 Å². The molecule has 276 valence electrons. The lowest BCUT2D eigenvalue weighted by Crippen LogP contribution is -2.22. The second-order valence-corrected chi connectivity index (χ2v) is 15.9. The highest BCUT2D eigenvalue weighted by Gasteiger charge is 2.25. The van der Waals surface area contributed by atoms with Crippen LogP contribution in [0.3, 0.4) is 0 Å². The molecular formula is C42H49F6NOS. The second-order valence-electron chi connectivity index (χ2n) is 15.6. The topological polar surface area (TPSA) is 32.3 Å². The molecule has 0 aromatic heterocycles. The number of rotatable bonds is 5. The quantitative estimate of drug-likeness (QED) is 0.141. The molecule has 5 rings (SSSR count). The molecule has 0 heterocycles. The maximum Gasteiger partial charge on any atom is 0.137 e. The Hall–Kier alpha value is -3.59. The molecule has 1 saturated carbocycles. The lowest BCUT2D eigenvalue weighted by Gasteiger charge is -2.27. The number of nitrogens with one attached hydrogen (secondary N) is 1. The van der Waals surface area contributed by atoms with E-state index in [1.54, 1.807) is 6.07 Å². The Labute approximate surface area is 304 Å². The van der Waals surface area contributed by atoms with E-state index < -0.39 is 40.5 Å². The average molecular weight is 730 g/mol. The zero-order valence-electron chi connectivity index (χ0n) is 30.5. The minimum Gasteiger partial charge on any atom is -0.507 e. The number of hydrogen-bond donors (Lipinski definition) is 3. The fourth-order valence-electron chi connectivity index (χ4n) is 6.41. The van der Waals surface area contributed by atoms with Crippen molar-refractivity contribution in [1.82, 2.24) is 0 Å². The maximum atomic E-state index is 14.6. The molecule has 0 atom stereocenters. The van der Waals surface area contributed by atoms with E-state index in [-0.39, 0.29) is 33.5 Å². The second kappa shape index (κ2) is 16.4. The Morgan fingerprint density at radius 3 is 1.49 bits per heavy atom. The van der Waals surface area contributed by atoms with Crippen molar-refractivity contribution in [1.29, 1.82) is 0 Å². The van der Waals surface area contributed by atoms with Gasteiger partial charge in [-0.15, -0.1) is 0 Å². The lowest BCUT2D eigenvalue weighted by molar-refractivity contribution is 0.469. The van der Waals surface area contributed by atoms with Crippen molar-refractivity contribution in [2.45, 2.75) is 116 Å². The molecule has 4 aromatic carbocycles. The summed E-state index contributed by atoms with van der Waals surface area (Å²) >= 11 is 4.14. The summed E-state index contributed by atoms with van der Waals surface area (Å²) in [5.74, 6) is -5.77. The van der Waals surface area contributed by atoms with Crippen LogP contribution in [0.25, 0.3) is 22.3 Å². The van der Waals surface area contributed by atoms with E-state index >= 15 is 0 Å². The summed E-state index contributed by atoms with van der Waals surface area (Å²) in [5, 5.41) is 13.9. The molecule has 0 bridgehead atoms. The van der Waals surface area contributed by atoms with Crippen LogP contribution in [0.2, 0.25) is 0 Å². The van der Waals surface area contributed by atoms with Gasteiger partial charge in [-0.2, -0.15) is 12.6 Å². The molecule has 1 fully saturated rings. The molecule has 2 nitrogen and oxygen atoms in total. The van der Waals surface area contributed by atoms with Crippen LogP contribution in [0.1, 0.15) is 109 Å². The molecule has 0 unspecified atom stereocenters. The standard InChI is InChI=1S/C25H32F3N.C17H17F3OS/c1-16-20(24-21(27)14-18(26)15-22(24)28)12-17(25(2,3)4)13-23(16)29-19-10-8-6-5-7-9-11-19;1-17(2,3)10-4-9(8-22)16(21)12(5-10)15-13(19)6-11(18)7-14(15)20/h12-15,19,29H,5-11H2,1-4H3;4-7,21-22H,8H2,1-3H3. The zero-order chi connectivity index (χ0) is 37.8. The molecule has 0 amide bonds. The first-order valence-electron chi connectivity index (χ1n) is 17.5. The lowest BCUT2D eigenvalue weighted by atomic mass is 9.83. The molecule has 0 aliphatic heterocycles. The Morgan fingerprint density at radius 2 is 1.04 bits per heavy atom. The summed E-state index contributed by atoms with van der Waals surface area (Å²) in [6.45, 7) is 14.0. The van der Waals surface area contributed by atoms with Gasteiger partial charge in [0.25, 0.3) is 0 Å². The molecule has 0 spiro atoms. The Bertz CT molecular complexity index is 1810. The van der Waals surface area contributed by atoms with Crippen molar-refractivity contribution in [3.05, 3.63) is 106 Å². The summed E-state index contributed by atoms with van der Waals surface area (Å²) in [7, 11) is 0. The monoisotopic (exact) mass is 729 g/mol. The number of phenols is 1. The smallest absolute Gasteiger partial charge is 0.137 e. The van der Waals surface area contributed by atoms with E-state index in [1.807, 2.05) is 33.8 Å². The minimum atomic E-state index is -1.05. The first-order valence-corrected chi connectivity index (χ1v) is 18.1. The first kappa shape index (κ1) is 40.2. The molecule has 51 heavy (non-hydrogen) atoms. The Morgan fingerprint density at radius 1 is 0.627 bits per heavy atom. The van der Waals surface area contributed by atoms with Gasteiger partial charge in [0.1, 0.15) is 40.7 Å². The van der Waals surface area contributed by atoms with E-state index in [4.69, 9.17) is 0 Å². The molecule has 9 heteroatoms. The predicted molar refractivity (Wildman–Crippen MR) is 200 cm³/mol. The van der Waals surface area contributed by atoms with Gasteiger partial charge in [0.2, 0.25) is 0 Å². The van der Waals surface area contributed by atoms with Gasteiger partial charge in [0, 0.05) is 52.9 Å². The predicted octanol–water partition coefficient (Wildman–Crippen LogP) is 13.1. The fraction of sp³-hybridized carbons (Fsp3) is 0.429. The third-order valence-corrected chi connectivity index (χ3v) is 9.86. The van der Waals surface area contributed by atoms with Gasteiger partial charge in [-0.05, 0) is 71.0 Å². The SMILES string of the molecule is CC(C)(C)c1cc(CS)c(O)c(-c2c(F)cc(F)cc2F)c1.Cc1c(NC2CCCCCCC2)cc(C(C)(C)C)cc1-c1c(F)cc(F)cc1F. The highest BCUT2D eigenvalue weighted by molar-refractivity contribution is 7.79. The number of anilines is 1. The molecule has 0 saturated heterocycles. The van der Waals surface area contributed by atoms with E-state index in [0.717, 1.165) is 47.4 Å². The third kappa shape index (κ3) is 9.85. The highest BCUT2D eigenvalue weighted by Crippen LogP contribution is 2.41. The largest absolute Gasteiger partial charge is 0.507 e. The van der Waals surface area contributed by atoms with Gasteiger partial charge in [0.05, 0.1) is 11.1 Å². The van der Waals surface area contributed by atoms with Crippen LogP contribution in [0, 0.1) is 41.8 Å². The van der Waals surface area contributed by atoms with Gasteiger partial charge in [-0.3, -0.25) is 0 Å². The van der Waals surface area contributed by atoms with Gasteiger partial charge in [0.15, 0.2) is 0 Å². The van der Waals surface area contributed by atoms with Gasteiger partial charge >= 0.3 is 0 Å². The molecular weight excluding hydrogens is 681 g/mol. The van der Waals surface area contributed by atoms with Gasteiger partial charge < -0.3 is 10.4 Å². The highest BCUT2D eigenvalue weighted by atomic mass is 32.1. The van der Waals surface area contributed by atoms with Crippen molar-refractivity contribution < 1.29 is 31.4 Å². The number of benzene rings is 4. The van der Waals surface area contributed by atoms with Crippen molar-refractivity contribution >= 4 is 18.3 Å². The Kier molecular flexibility index (Phi) is 12.9. The van der Waals surface area contributed by atoms with Crippen LogP contribution in [0.4, 0.5) is 32.0 Å². The first-order chi connectivity index (χ1) is 23.8. The summed E-state index contributed by atoms with van der Waals surface area (Å²) < 4.78 is 83.8. The van der Waals surface area contributed by atoms with E-state index in [1.165, 1.54) is 38.2 Å². The number of halogens is 6. The molecule has 1 aliphatic carbocycles. The normalized spacial score (nSPS) is 14.4. The molecule has 2 N–H and O–H groups in total. The molecule has 1 aliphatic rings. The van der Waals surface area contributed by atoms with Crippen LogP contribution in [0.15, 0.2) is 48.5 Å². The van der Waals surface area contributed by atoms with Gasteiger partial charge in [-0.1, -0.05) is 79.7 Å².